The second-order valence-electron chi connectivity index (χ2n) is 4.76. The van der Waals surface area contributed by atoms with E-state index in [2.05, 4.69) is 17.7 Å². The van der Waals surface area contributed by atoms with Crippen LogP contribution in [-0.4, -0.2) is 27.3 Å². The minimum absolute atomic E-state index is 0.162. The standard InChI is InChI=1S/C14H23NO3S/c1-5-8-19(16,17)15-6-7-18-14-10-12(3)11(2)9-13(14)4/h9-10,15H,5-8H2,1-4H3. The van der Waals surface area contributed by atoms with Gasteiger partial charge in [0, 0.05) is 6.54 Å². The van der Waals surface area contributed by atoms with Crippen molar-refractivity contribution in [2.75, 3.05) is 18.9 Å². The van der Waals surface area contributed by atoms with Gasteiger partial charge in [0.25, 0.3) is 0 Å². The van der Waals surface area contributed by atoms with Crippen LogP contribution >= 0.6 is 0 Å². The molecule has 0 radical (unpaired) electrons. The van der Waals surface area contributed by atoms with E-state index in [9.17, 15) is 8.42 Å². The fourth-order valence-electron chi connectivity index (χ4n) is 1.79. The Balaban J connectivity index is 2.48. The maximum absolute atomic E-state index is 11.4. The van der Waals surface area contributed by atoms with Gasteiger partial charge in [0.2, 0.25) is 10.0 Å². The van der Waals surface area contributed by atoms with Crippen LogP contribution in [0.4, 0.5) is 0 Å². The highest BCUT2D eigenvalue weighted by Gasteiger charge is 2.08. The van der Waals surface area contributed by atoms with E-state index in [0.29, 0.717) is 19.6 Å². The average molecular weight is 285 g/mol. The molecule has 0 atom stereocenters. The van der Waals surface area contributed by atoms with Gasteiger partial charge in [-0.15, -0.1) is 0 Å². The second kappa shape index (κ2) is 6.91. The minimum atomic E-state index is -3.14. The molecule has 1 rings (SSSR count). The lowest BCUT2D eigenvalue weighted by molar-refractivity contribution is 0.320. The lowest BCUT2D eigenvalue weighted by atomic mass is 10.1. The molecule has 4 nitrogen and oxygen atoms in total. The zero-order chi connectivity index (χ0) is 14.5. The Hall–Kier alpha value is -1.07. The molecule has 0 unspecified atom stereocenters. The van der Waals surface area contributed by atoms with E-state index in [1.165, 1.54) is 11.1 Å². The van der Waals surface area contributed by atoms with Crippen LogP contribution in [0.3, 0.4) is 0 Å². The van der Waals surface area contributed by atoms with Gasteiger partial charge in [-0.2, -0.15) is 0 Å². The summed E-state index contributed by atoms with van der Waals surface area (Å²) in [4.78, 5) is 0. The minimum Gasteiger partial charge on any atom is -0.492 e. The summed E-state index contributed by atoms with van der Waals surface area (Å²) in [6.07, 6.45) is 0.618. The van der Waals surface area contributed by atoms with E-state index in [1.807, 2.05) is 26.8 Å². The molecule has 0 spiro atoms. The highest BCUT2D eigenvalue weighted by Crippen LogP contribution is 2.22. The van der Waals surface area contributed by atoms with Crippen LogP contribution in [0.1, 0.15) is 30.0 Å². The van der Waals surface area contributed by atoms with Crippen molar-refractivity contribution < 1.29 is 13.2 Å². The quantitative estimate of drug-likeness (QED) is 0.782. The summed E-state index contributed by atoms with van der Waals surface area (Å²) >= 11 is 0. The van der Waals surface area contributed by atoms with Crippen molar-refractivity contribution in [2.45, 2.75) is 34.1 Å². The Bertz CT molecular complexity index is 524. The molecule has 1 N–H and O–H groups in total. The molecule has 0 aliphatic carbocycles. The Morgan fingerprint density at radius 1 is 1.11 bits per heavy atom. The van der Waals surface area contributed by atoms with E-state index in [0.717, 1.165) is 11.3 Å². The van der Waals surface area contributed by atoms with Crippen LogP contribution in [0.2, 0.25) is 0 Å². The second-order valence-corrected chi connectivity index (χ2v) is 6.69. The lowest BCUT2D eigenvalue weighted by Crippen LogP contribution is -2.30. The number of benzene rings is 1. The van der Waals surface area contributed by atoms with Crippen LogP contribution in [-0.2, 0) is 10.0 Å². The molecule has 0 amide bonds. The predicted molar refractivity (Wildman–Crippen MR) is 78.2 cm³/mol. The van der Waals surface area contributed by atoms with E-state index in [4.69, 9.17) is 4.74 Å². The fraction of sp³-hybridized carbons (Fsp3) is 0.571. The molecule has 0 heterocycles. The predicted octanol–water partition coefficient (Wildman–Crippen LogP) is 2.32. The Labute approximate surface area is 116 Å². The average Bonchev–Trinajstić information content (AvgIpc) is 2.30. The maximum atomic E-state index is 11.4. The normalized spacial score (nSPS) is 11.6. The zero-order valence-corrected chi connectivity index (χ0v) is 12.9. The first-order valence-electron chi connectivity index (χ1n) is 6.53. The molecule has 0 aliphatic rings. The number of rotatable bonds is 7. The van der Waals surface area contributed by atoms with Gasteiger partial charge >= 0.3 is 0 Å². The first-order chi connectivity index (χ1) is 8.85. The topological polar surface area (TPSA) is 55.4 Å². The molecular weight excluding hydrogens is 262 g/mol. The number of aryl methyl sites for hydroxylation is 3. The molecule has 19 heavy (non-hydrogen) atoms. The Kier molecular flexibility index (Phi) is 5.82. The van der Waals surface area contributed by atoms with Gasteiger partial charge in [-0.25, -0.2) is 13.1 Å². The number of sulfonamides is 1. The molecule has 0 saturated heterocycles. The summed E-state index contributed by atoms with van der Waals surface area (Å²) in [7, 11) is -3.14. The first kappa shape index (κ1) is 16.0. The molecule has 1 aromatic carbocycles. The van der Waals surface area contributed by atoms with Gasteiger partial charge in [-0.3, -0.25) is 0 Å². The van der Waals surface area contributed by atoms with E-state index in [-0.39, 0.29) is 5.75 Å². The maximum Gasteiger partial charge on any atom is 0.211 e. The third-order valence-corrected chi connectivity index (χ3v) is 4.54. The van der Waals surface area contributed by atoms with Crippen molar-refractivity contribution in [1.29, 1.82) is 0 Å². The monoisotopic (exact) mass is 285 g/mol. The summed E-state index contributed by atoms with van der Waals surface area (Å²) in [6.45, 7) is 8.56. The van der Waals surface area contributed by atoms with Gasteiger partial charge in [0.15, 0.2) is 0 Å². The summed E-state index contributed by atoms with van der Waals surface area (Å²) in [5.41, 5.74) is 3.47. The highest BCUT2D eigenvalue weighted by molar-refractivity contribution is 7.89. The van der Waals surface area contributed by atoms with Crippen molar-refractivity contribution >= 4 is 10.0 Å². The number of ether oxygens (including phenoxy) is 1. The van der Waals surface area contributed by atoms with Crippen molar-refractivity contribution in [1.82, 2.24) is 4.72 Å². The smallest absolute Gasteiger partial charge is 0.211 e. The van der Waals surface area contributed by atoms with Crippen molar-refractivity contribution in [3.05, 3.63) is 28.8 Å². The fourth-order valence-corrected chi connectivity index (χ4v) is 2.86. The van der Waals surface area contributed by atoms with Gasteiger partial charge in [0.05, 0.1) is 5.75 Å². The molecule has 5 heteroatoms. The van der Waals surface area contributed by atoms with E-state index >= 15 is 0 Å². The number of hydrogen-bond acceptors (Lipinski definition) is 3. The third-order valence-electron chi connectivity index (χ3n) is 2.95. The number of nitrogens with one attached hydrogen (secondary N) is 1. The van der Waals surface area contributed by atoms with Crippen LogP contribution in [0.5, 0.6) is 5.75 Å². The molecule has 0 bridgehead atoms. The van der Waals surface area contributed by atoms with Crippen LogP contribution < -0.4 is 9.46 Å². The van der Waals surface area contributed by atoms with E-state index in [1.54, 1.807) is 0 Å². The third kappa shape index (κ3) is 5.20. The zero-order valence-electron chi connectivity index (χ0n) is 12.1. The Morgan fingerprint density at radius 2 is 1.74 bits per heavy atom. The molecule has 108 valence electrons. The van der Waals surface area contributed by atoms with Gasteiger partial charge in [-0.05, 0) is 49.9 Å². The van der Waals surface area contributed by atoms with Gasteiger partial charge in [-0.1, -0.05) is 13.0 Å². The van der Waals surface area contributed by atoms with Crippen molar-refractivity contribution in [3.8, 4) is 5.75 Å². The lowest BCUT2D eigenvalue weighted by Gasteiger charge is -2.12. The van der Waals surface area contributed by atoms with E-state index < -0.39 is 10.0 Å². The number of hydrogen-bond donors (Lipinski definition) is 1. The van der Waals surface area contributed by atoms with Crippen molar-refractivity contribution in [2.24, 2.45) is 0 Å². The largest absolute Gasteiger partial charge is 0.492 e. The molecule has 0 fully saturated rings. The molecule has 0 saturated carbocycles. The summed E-state index contributed by atoms with van der Waals surface area (Å²) in [5.74, 6) is 0.980. The summed E-state index contributed by atoms with van der Waals surface area (Å²) in [5, 5.41) is 0. The van der Waals surface area contributed by atoms with Crippen LogP contribution in [0.15, 0.2) is 12.1 Å². The molecule has 0 aliphatic heterocycles. The van der Waals surface area contributed by atoms with Gasteiger partial charge in [0.1, 0.15) is 12.4 Å². The van der Waals surface area contributed by atoms with Crippen LogP contribution in [0.25, 0.3) is 0 Å². The molecular formula is C14H23NO3S. The van der Waals surface area contributed by atoms with Crippen LogP contribution in [0, 0.1) is 20.8 Å². The summed E-state index contributed by atoms with van der Waals surface area (Å²) < 4.78 is 31.0. The molecule has 1 aromatic rings. The molecule has 0 aromatic heterocycles. The van der Waals surface area contributed by atoms with Gasteiger partial charge < -0.3 is 4.74 Å². The Morgan fingerprint density at radius 3 is 2.37 bits per heavy atom. The highest BCUT2D eigenvalue weighted by atomic mass is 32.2. The van der Waals surface area contributed by atoms with Crippen molar-refractivity contribution in [3.63, 3.8) is 0 Å². The first-order valence-corrected chi connectivity index (χ1v) is 8.19. The summed E-state index contributed by atoms with van der Waals surface area (Å²) in [6, 6.07) is 4.07. The SMILES string of the molecule is CCCS(=O)(=O)NCCOc1cc(C)c(C)cc1C.